The van der Waals surface area contributed by atoms with Crippen LogP contribution in [0, 0.1) is 0 Å². The Morgan fingerprint density at radius 2 is 2.25 bits per heavy atom. The molecule has 0 aromatic rings. The fourth-order valence-electron chi connectivity index (χ4n) is 2.07. The maximum atomic E-state index is 10.4. The van der Waals surface area contributed by atoms with Crippen LogP contribution in [0.25, 0.3) is 0 Å². The monoisotopic (exact) mass is 169 g/mol. The Morgan fingerprint density at radius 1 is 1.50 bits per heavy atom. The third kappa shape index (κ3) is 2.31. The van der Waals surface area contributed by atoms with Gasteiger partial charge in [-0.15, -0.1) is 0 Å². The number of hydrogen-bond acceptors (Lipinski definition) is 2. The molecule has 0 saturated carbocycles. The largest absolute Gasteiger partial charge is 0.303 e. The van der Waals surface area contributed by atoms with E-state index in [2.05, 4.69) is 18.7 Å². The van der Waals surface area contributed by atoms with Crippen molar-refractivity contribution < 1.29 is 4.79 Å². The van der Waals surface area contributed by atoms with E-state index >= 15 is 0 Å². The Hall–Kier alpha value is -0.370. The predicted octanol–water partition coefficient (Wildman–Crippen LogP) is 1.84. The van der Waals surface area contributed by atoms with Gasteiger partial charge in [-0.05, 0) is 33.2 Å². The number of carbonyl (C=O) groups excluding carboxylic acids is 1. The second kappa shape index (κ2) is 4.61. The number of likely N-dealkylation sites (tertiary alicyclic amines) is 1. The van der Waals surface area contributed by atoms with E-state index in [1.807, 2.05) is 0 Å². The number of carbonyl (C=O) groups is 1. The van der Waals surface area contributed by atoms with Crippen LogP contribution in [0.5, 0.6) is 0 Å². The van der Waals surface area contributed by atoms with Gasteiger partial charge in [-0.1, -0.05) is 6.42 Å². The van der Waals surface area contributed by atoms with Gasteiger partial charge < -0.3 is 4.79 Å². The van der Waals surface area contributed by atoms with Gasteiger partial charge in [0.25, 0.3) is 0 Å². The first-order valence-electron chi connectivity index (χ1n) is 4.95. The predicted molar refractivity (Wildman–Crippen MR) is 50.2 cm³/mol. The Labute approximate surface area is 74.9 Å². The molecule has 70 valence electrons. The van der Waals surface area contributed by atoms with E-state index < -0.39 is 0 Å². The molecule has 2 heteroatoms. The number of aldehydes is 1. The summed E-state index contributed by atoms with van der Waals surface area (Å²) in [7, 11) is 0. The fraction of sp³-hybridized carbons (Fsp3) is 0.900. The summed E-state index contributed by atoms with van der Waals surface area (Å²) in [6.45, 7) is 5.60. The van der Waals surface area contributed by atoms with Crippen LogP contribution < -0.4 is 0 Å². The summed E-state index contributed by atoms with van der Waals surface area (Å²) >= 11 is 0. The molecule has 1 rings (SSSR count). The smallest absolute Gasteiger partial charge is 0.121 e. The number of rotatable bonds is 3. The zero-order chi connectivity index (χ0) is 8.97. The van der Waals surface area contributed by atoms with Crippen molar-refractivity contribution in [3.05, 3.63) is 0 Å². The van der Waals surface area contributed by atoms with Crippen molar-refractivity contribution in [1.82, 2.24) is 4.90 Å². The van der Waals surface area contributed by atoms with Gasteiger partial charge in [0.1, 0.15) is 6.29 Å². The minimum atomic E-state index is 0.524. The van der Waals surface area contributed by atoms with Crippen molar-refractivity contribution in [2.75, 3.05) is 6.54 Å². The van der Waals surface area contributed by atoms with Gasteiger partial charge in [0.05, 0.1) is 0 Å². The molecular weight excluding hydrogens is 150 g/mol. The average Bonchev–Trinajstić information content (AvgIpc) is 2.05. The lowest BCUT2D eigenvalue weighted by Gasteiger charge is -2.37. The summed E-state index contributed by atoms with van der Waals surface area (Å²) in [6, 6.07) is 1.12. The molecule has 0 aromatic carbocycles. The van der Waals surface area contributed by atoms with Gasteiger partial charge in [0.2, 0.25) is 0 Å². The van der Waals surface area contributed by atoms with E-state index in [0.717, 1.165) is 12.7 Å². The third-order valence-electron chi connectivity index (χ3n) is 2.70. The maximum absolute atomic E-state index is 10.4. The molecule has 0 amide bonds. The molecule has 1 unspecified atom stereocenters. The van der Waals surface area contributed by atoms with E-state index in [4.69, 9.17) is 0 Å². The molecule has 12 heavy (non-hydrogen) atoms. The summed E-state index contributed by atoms with van der Waals surface area (Å²) in [6.07, 6.45) is 5.58. The molecule has 0 radical (unpaired) electrons. The summed E-state index contributed by atoms with van der Waals surface area (Å²) in [5.41, 5.74) is 0. The molecule has 1 atom stereocenters. The number of piperidine rings is 1. The van der Waals surface area contributed by atoms with Crippen molar-refractivity contribution in [1.29, 1.82) is 0 Å². The zero-order valence-electron chi connectivity index (χ0n) is 8.12. The highest BCUT2D eigenvalue weighted by molar-refractivity contribution is 5.50. The number of hydrogen-bond donors (Lipinski definition) is 0. The van der Waals surface area contributed by atoms with Crippen molar-refractivity contribution >= 4 is 6.29 Å². The van der Waals surface area contributed by atoms with Crippen molar-refractivity contribution in [3.63, 3.8) is 0 Å². The first-order valence-corrected chi connectivity index (χ1v) is 4.95. The topological polar surface area (TPSA) is 20.3 Å². The van der Waals surface area contributed by atoms with Crippen LogP contribution >= 0.6 is 0 Å². The molecule has 0 aliphatic carbocycles. The quantitative estimate of drug-likeness (QED) is 0.601. The van der Waals surface area contributed by atoms with Gasteiger partial charge in [-0.3, -0.25) is 4.90 Å². The van der Waals surface area contributed by atoms with Gasteiger partial charge in [-0.25, -0.2) is 0 Å². The van der Waals surface area contributed by atoms with Crippen LogP contribution in [0.15, 0.2) is 0 Å². The summed E-state index contributed by atoms with van der Waals surface area (Å²) in [4.78, 5) is 12.9. The first kappa shape index (κ1) is 9.72. The van der Waals surface area contributed by atoms with Crippen LogP contribution in [-0.2, 0) is 4.79 Å². The van der Waals surface area contributed by atoms with E-state index in [0.29, 0.717) is 12.1 Å². The minimum absolute atomic E-state index is 0.524. The van der Waals surface area contributed by atoms with E-state index in [1.54, 1.807) is 0 Å². The normalized spacial score (nSPS) is 26.1. The molecule has 1 fully saturated rings. The summed E-state index contributed by atoms with van der Waals surface area (Å²) in [5, 5.41) is 0. The standard InChI is InChI=1S/C10H19NO/c1-9(2)11-7-4-3-5-10(11)6-8-12/h8-10H,3-7H2,1-2H3. The Balaban J connectivity index is 2.47. The molecule has 0 bridgehead atoms. The highest BCUT2D eigenvalue weighted by atomic mass is 16.1. The Kier molecular flexibility index (Phi) is 3.73. The first-order chi connectivity index (χ1) is 5.75. The van der Waals surface area contributed by atoms with Crippen LogP contribution in [0.1, 0.15) is 39.5 Å². The molecule has 1 heterocycles. The van der Waals surface area contributed by atoms with Crippen LogP contribution in [0.2, 0.25) is 0 Å². The van der Waals surface area contributed by atoms with Crippen LogP contribution in [0.3, 0.4) is 0 Å². The third-order valence-corrected chi connectivity index (χ3v) is 2.70. The van der Waals surface area contributed by atoms with Crippen molar-refractivity contribution in [2.45, 2.75) is 51.6 Å². The molecule has 2 nitrogen and oxygen atoms in total. The Bertz CT molecular complexity index is 145. The van der Waals surface area contributed by atoms with Crippen LogP contribution in [-0.4, -0.2) is 29.8 Å². The second-order valence-corrected chi connectivity index (χ2v) is 3.88. The highest BCUT2D eigenvalue weighted by Gasteiger charge is 2.23. The van der Waals surface area contributed by atoms with Crippen molar-refractivity contribution in [2.24, 2.45) is 0 Å². The summed E-state index contributed by atoms with van der Waals surface area (Å²) in [5.74, 6) is 0. The van der Waals surface area contributed by atoms with Crippen LogP contribution in [0.4, 0.5) is 0 Å². The SMILES string of the molecule is CC(C)N1CCCCC1CC=O. The molecule has 1 aliphatic rings. The lowest BCUT2D eigenvalue weighted by atomic mass is 9.98. The molecule has 1 aliphatic heterocycles. The lowest BCUT2D eigenvalue weighted by Crippen LogP contribution is -2.43. The lowest BCUT2D eigenvalue weighted by molar-refractivity contribution is -0.109. The van der Waals surface area contributed by atoms with Gasteiger partial charge in [0, 0.05) is 18.5 Å². The molecule has 0 N–H and O–H groups in total. The average molecular weight is 169 g/mol. The van der Waals surface area contributed by atoms with Crippen molar-refractivity contribution in [3.8, 4) is 0 Å². The minimum Gasteiger partial charge on any atom is -0.303 e. The van der Waals surface area contributed by atoms with Gasteiger partial charge >= 0.3 is 0 Å². The zero-order valence-corrected chi connectivity index (χ0v) is 8.12. The van der Waals surface area contributed by atoms with E-state index in [-0.39, 0.29) is 0 Å². The highest BCUT2D eigenvalue weighted by Crippen LogP contribution is 2.20. The molecule has 0 aromatic heterocycles. The summed E-state index contributed by atoms with van der Waals surface area (Å²) < 4.78 is 0. The van der Waals surface area contributed by atoms with Gasteiger partial charge in [-0.2, -0.15) is 0 Å². The number of nitrogens with zero attached hydrogens (tertiary/aromatic N) is 1. The molecular formula is C10H19NO. The maximum Gasteiger partial charge on any atom is 0.121 e. The van der Waals surface area contributed by atoms with E-state index in [1.165, 1.54) is 25.8 Å². The molecule has 1 saturated heterocycles. The van der Waals surface area contributed by atoms with E-state index in [9.17, 15) is 4.79 Å². The molecule has 0 spiro atoms. The second-order valence-electron chi connectivity index (χ2n) is 3.88. The fourth-order valence-corrected chi connectivity index (χ4v) is 2.07. The van der Waals surface area contributed by atoms with Gasteiger partial charge in [0.15, 0.2) is 0 Å². The Morgan fingerprint density at radius 3 is 2.83 bits per heavy atom.